The monoisotopic (exact) mass is 455 g/mol. The van der Waals surface area contributed by atoms with Crippen LogP contribution in [0.25, 0.3) is 0 Å². The van der Waals surface area contributed by atoms with Gasteiger partial charge in [-0.1, -0.05) is 36.4 Å². The van der Waals surface area contributed by atoms with Crippen molar-refractivity contribution in [2.75, 3.05) is 32.7 Å². The second kappa shape index (κ2) is 9.80. The lowest BCUT2D eigenvalue weighted by Crippen LogP contribution is -2.48. The van der Waals surface area contributed by atoms with Gasteiger partial charge in [0, 0.05) is 45.7 Å². The van der Waals surface area contributed by atoms with Gasteiger partial charge in [0.25, 0.3) is 0 Å². The summed E-state index contributed by atoms with van der Waals surface area (Å²) in [6, 6.07) is 13.2. The van der Waals surface area contributed by atoms with Gasteiger partial charge in [-0.15, -0.1) is 0 Å². The Kier molecular flexibility index (Phi) is 7.34. The van der Waals surface area contributed by atoms with Crippen LogP contribution in [0.3, 0.4) is 0 Å². The topological polar surface area (TPSA) is 69.7 Å². The average molecular weight is 456 g/mol. The lowest BCUT2D eigenvalue weighted by atomic mass is 10.1. The third-order valence-corrected chi connectivity index (χ3v) is 6.55. The molecule has 1 amide bonds. The summed E-state index contributed by atoms with van der Waals surface area (Å²) in [6.07, 6.45) is -4.33. The fourth-order valence-electron chi connectivity index (χ4n) is 3.39. The van der Waals surface area contributed by atoms with Crippen LogP contribution in [0.1, 0.15) is 17.5 Å². The highest BCUT2D eigenvalue weighted by atomic mass is 32.2. The third kappa shape index (κ3) is 6.52. The summed E-state index contributed by atoms with van der Waals surface area (Å²) >= 11 is 0. The van der Waals surface area contributed by atoms with Crippen LogP contribution in [0.15, 0.2) is 59.5 Å². The fraction of sp³-hybridized carbons (Fsp3) is 0.381. The second-order valence-corrected chi connectivity index (χ2v) is 9.08. The SMILES string of the molecule is O=C(CCNS(=O)(=O)c1ccccc1)N1CCN(Cc2cccc(C(F)(F)F)c2)CC1. The molecule has 0 saturated carbocycles. The number of piperazine rings is 1. The standard InChI is InChI=1S/C21H24F3N3O3S/c22-21(23,24)18-6-4-5-17(15-18)16-26-11-13-27(14-12-26)20(28)9-10-25-31(29,30)19-7-2-1-3-8-19/h1-8,15,25H,9-14,16H2. The van der Waals surface area contributed by atoms with Gasteiger partial charge in [-0.25, -0.2) is 13.1 Å². The third-order valence-electron chi connectivity index (χ3n) is 5.07. The van der Waals surface area contributed by atoms with Crippen LogP contribution in [0.4, 0.5) is 13.2 Å². The maximum atomic E-state index is 12.9. The van der Waals surface area contributed by atoms with E-state index < -0.39 is 21.8 Å². The van der Waals surface area contributed by atoms with E-state index in [-0.39, 0.29) is 23.8 Å². The van der Waals surface area contributed by atoms with Crippen molar-refractivity contribution in [2.45, 2.75) is 24.0 Å². The summed E-state index contributed by atoms with van der Waals surface area (Å²) in [5.74, 6) is -0.158. The van der Waals surface area contributed by atoms with Gasteiger partial charge >= 0.3 is 6.18 Å². The number of halogens is 3. The summed E-state index contributed by atoms with van der Waals surface area (Å²) in [7, 11) is -3.65. The number of nitrogens with one attached hydrogen (secondary N) is 1. The second-order valence-electron chi connectivity index (χ2n) is 7.32. The predicted molar refractivity (Wildman–Crippen MR) is 110 cm³/mol. The first-order valence-corrected chi connectivity index (χ1v) is 11.3. The molecule has 2 aromatic carbocycles. The van der Waals surface area contributed by atoms with Crippen molar-refractivity contribution in [1.29, 1.82) is 0 Å². The minimum Gasteiger partial charge on any atom is -0.340 e. The lowest BCUT2D eigenvalue weighted by molar-refractivity contribution is -0.137. The zero-order valence-corrected chi connectivity index (χ0v) is 17.6. The number of carbonyl (C=O) groups excluding carboxylic acids is 1. The van der Waals surface area contributed by atoms with Gasteiger partial charge in [-0.05, 0) is 23.8 Å². The largest absolute Gasteiger partial charge is 0.416 e. The van der Waals surface area contributed by atoms with Gasteiger partial charge in [0.15, 0.2) is 0 Å². The van der Waals surface area contributed by atoms with Crippen LogP contribution >= 0.6 is 0 Å². The van der Waals surface area contributed by atoms with E-state index in [2.05, 4.69) is 4.72 Å². The zero-order chi connectivity index (χ0) is 22.5. The van der Waals surface area contributed by atoms with Crippen molar-refractivity contribution in [3.05, 3.63) is 65.7 Å². The van der Waals surface area contributed by atoms with Gasteiger partial charge in [-0.2, -0.15) is 13.2 Å². The smallest absolute Gasteiger partial charge is 0.340 e. The molecule has 1 N–H and O–H groups in total. The maximum absolute atomic E-state index is 12.9. The van der Waals surface area contributed by atoms with Crippen molar-refractivity contribution in [1.82, 2.24) is 14.5 Å². The Bertz CT molecular complexity index is 990. The molecule has 0 aromatic heterocycles. The Morgan fingerprint density at radius 3 is 2.29 bits per heavy atom. The normalized spacial score (nSPS) is 15.8. The molecule has 1 fully saturated rings. The van der Waals surface area contributed by atoms with E-state index >= 15 is 0 Å². The molecule has 0 unspecified atom stereocenters. The summed E-state index contributed by atoms with van der Waals surface area (Å²) < 4.78 is 65.4. The molecule has 1 saturated heterocycles. The number of nitrogens with zero attached hydrogens (tertiary/aromatic N) is 2. The molecule has 0 atom stereocenters. The highest BCUT2D eigenvalue weighted by Gasteiger charge is 2.30. The molecule has 10 heteroatoms. The first-order chi connectivity index (χ1) is 14.6. The Morgan fingerprint density at radius 1 is 0.968 bits per heavy atom. The van der Waals surface area contributed by atoms with E-state index in [1.165, 1.54) is 18.2 Å². The number of rotatable bonds is 7. The van der Waals surface area contributed by atoms with Crippen LogP contribution in [-0.2, 0) is 27.5 Å². The van der Waals surface area contributed by atoms with Crippen molar-refractivity contribution in [2.24, 2.45) is 0 Å². The molecule has 0 bridgehead atoms. The van der Waals surface area contributed by atoms with Crippen molar-refractivity contribution in [3.63, 3.8) is 0 Å². The Labute approximate surface area is 179 Å². The number of alkyl halides is 3. The molecule has 1 aliphatic rings. The van der Waals surface area contributed by atoms with E-state index in [1.54, 1.807) is 29.2 Å². The summed E-state index contributed by atoms with van der Waals surface area (Å²) in [5, 5.41) is 0. The van der Waals surface area contributed by atoms with Crippen molar-refractivity contribution >= 4 is 15.9 Å². The highest BCUT2D eigenvalue weighted by molar-refractivity contribution is 7.89. The number of hydrogen-bond donors (Lipinski definition) is 1. The number of hydrogen-bond acceptors (Lipinski definition) is 4. The molecular weight excluding hydrogens is 431 g/mol. The van der Waals surface area contributed by atoms with Crippen molar-refractivity contribution < 1.29 is 26.4 Å². The molecular formula is C21H24F3N3O3S. The Morgan fingerprint density at radius 2 is 1.65 bits per heavy atom. The molecule has 1 heterocycles. The molecule has 168 valence electrons. The summed E-state index contributed by atoms with van der Waals surface area (Å²) in [4.78, 5) is 16.2. The Balaban J connectivity index is 1.44. The first-order valence-electron chi connectivity index (χ1n) is 9.86. The Hall–Kier alpha value is -2.43. The first kappa shape index (κ1) is 23.2. The number of carbonyl (C=O) groups is 1. The predicted octanol–water partition coefficient (Wildman–Crippen LogP) is 2.72. The lowest BCUT2D eigenvalue weighted by Gasteiger charge is -2.35. The van der Waals surface area contributed by atoms with Crippen LogP contribution in [-0.4, -0.2) is 56.8 Å². The maximum Gasteiger partial charge on any atom is 0.416 e. The zero-order valence-electron chi connectivity index (χ0n) is 16.8. The summed E-state index contributed by atoms with van der Waals surface area (Å²) in [5.41, 5.74) is -0.0957. The molecule has 0 radical (unpaired) electrons. The van der Waals surface area contributed by atoms with E-state index in [1.807, 2.05) is 4.90 Å². The van der Waals surface area contributed by atoms with E-state index in [9.17, 15) is 26.4 Å². The number of amides is 1. The number of benzene rings is 2. The quantitative estimate of drug-likeness (QED) is 0.697. The van der Waals surface area contributed by atoms with Gasteiger partial charge < -0.3 is 4.90 Å². The molecule has 3 rings (SSSR count). The van der Waals surface area contributed by atoms with E-state index in [0.717, 1.165) is 12.1 Å². The number of sulfonamides is 1. The highest BCUT2D eigenvalue weighted by Crippen LogP contribution is 2.29. The average Bonchev–Trinajstić information content (AvgIpc) is 2.74. The molecule has 31 heavy (non-hydrogen) atoms. The molecule has 0 spiro atoms. The van der Waals surface area contributed by atoms with Gasteiger partial charge in [0.2, 0.25) is 15.9 Å². The molecule has 1 aliphatic heterocycles. The van der Waals surface area contributed by atoms with Gasteiger partial charge in [0.05, 0.1) is 10.5 Å². The van der Waals surface area contributed by atoms with E-state index in [4.69, 9.17) is 0 Å². The summed E-state index contributed by atoms with van der Waals surface area (Å²) in [6.45, 7) is 2.35. The van der Waals surface area contributed by atoms with Gasteiger partial charge in [-0.3, -0.25) is 9.69 Å². The molecule has 6 nitrogen and oxygen atoms in total. The fourth-order valence-corrected chi connectivity index (χ4v) is 4.45. The van der Waals surface area contributed by atoms with E-state index in [0.29, 0.717) is 38.3 Å². The van der Waals surface area contributed by atoms with Gasteiger partial charge in [0.1, 0.15) is 0 Å². The van der Waals surface area contributed by atoms with Crippen LogP contribution in [0.2, 0.25) is 0 Å². The molecule has 0 aliphatic carbocycles. The van der Waals surface area contributed by atoms with Crippen molar-refractivity contribution in [3.8, 4) is 0 Å². The minimum atomic E-state index is -4.37. The molecule has 2 aromatic rings. The van der Waals surface area contributed by atoms with Crippen LogP contribution in [0, 0.1) is 0 Å². The van der Waals surface area contributed by atoms with Crippen LogP contribution < -0.4 is 4.72 Å². The minimum absolute atomic E-state index is 0.000506. The van der Waals surface area contributed by atoms with Crippen LogP contribution in [0.5, 0.6) is 0 Å².